The highest BCUT2D eigenvalue weighted by atomic mass is 32.2. The van der Waals surface area contributed by atoms with Crippen molar-refractivity contribution in [2.24, 2.45) is 7.05 Å². The number of rotatable bonds is 5. The Hall–Kier alpha value is -2.00. The van der Waals surface area contributed by atoms with Crippen LogP contribution in [-0.4, -0.2) is 48.8 Å². The number of nitrogens with zero attached hydrogens (tertiary/aromatic N) is 2. The van der Waals surface area contributed by atoms with Gasteiger partial charge in [0.05, 0.1) is 6.54 Å². The zero-order valence-electron chi connectivity index (χ0n) is 14.4. The Bertz CT molecular complexity index is 911. The Morgan fingerprint density at radius 1 is 1.31 bits per heavy atom. The molecule has 6 nitrogen and oxygen atoms in total. The third-order valence-electron chi connectivity index (χ3n) is 4.67. The third-order valence-corrected chi connectivity index (χ3v) is 6.64. The standard InChI is InChI=1S/C17H21F2N3O3S/c1-21-13-7-3-2-6-12(13)10-16(21)26(24,25)22-9-5-4-8-14(22)17(23)20-11-15(18)19/h2-3,6-7,10,14-15H,4-5,8-9,11H2,1H3,(H,20,23)/t14-/m0/s1. The van der Waals surface area contributed by atoms with Gasteiger partial charge in [0, 0.05) is 24.5 Å². The van der Waals surface area contributed by atoms with Crippen LogP contribution in [0.5, 0.6) is 0 Å². The number of halogens is 2. The molecule has 1 aromatic carbocycles. The highest BCUT2D eigenvalue weighted by Crippen LogP contribution is 2.29. The minimum Gasteiger partial charge on any atom is -0.349 e. The smallest absolute Gasteiger partial charge is 0.259 e. The molecular formula is C17H21F2N3O3S. The SMILES string of the molecule is Cn1c(S(=O)(=O)N2CCCC[C@H]2C(=O)NCC(F)F)cc2ccccc21. The van der Waals surface area contributed by atoms with Gasteiger partial charge in [-0.1, -0.05) is 24.6 Å². The number of carbonyl (C=O) groups is 1. The van der Waals surface area contributed by atoms with Crippen LogP contribution in [0.4, 0.5) is 8.78 Å². The summed E-state index contributed by atoms with van der Waals surface area (Å²) in [7, 11) is -2.28. The lowest BCUT2D eigenvalue weighted by molar-refractivity contribution is -0.126. The van der Waals surface area contributed by atoms with Crippen LogP contribution in [0.1, 0.15) is 19.3 Å². The number of hydrogen-bond donors (Lipinski definition) is 1. The van der Waals surface area contributed by atoms with Crippen LogP contribution < -0.4 is 5.32 Å². The summed E-state index contributed by atoms with van der Waals surface area (Å²) in [5.41, 5.74) is 0.766. The lowest BCUT2D eigenvalue weighted by atomic mass is 10.0. The van der Waals surface area contributed by atoms with E-state index in [1.54, 1.807) is 17.7 Å². The summed E-state index contributed by atoms with van der Waals surface area (Å²) >= 11 is 0. The molecule has 0 unspecified atom stereocenters. The number of para-hydroxylation sites is 1. The Balaban J connectivity index is 1.95. The summed E-state index contributed by atoms with van der Waals surface area (Å²) in [6.07, 6.45) is -1.06. The largest absolute Gasteiger partial charge is 0.349 e. The number of piperidine rings is 1. The van der Waals surface area contributed by atoms with Gasteiger partial charge in [0.25, 0.3) is 16.4 Å². The topological polar surface area (TPSA) is 71.4 Å². The van der Waals surface area contributed by atoms with E-state index in [4.69, 9.17) is 0 Å². The summed E-state index contributed by atoms with van der Waals surface area (Å²) in [6, 6.07) is 7.88. The second kappa shape index (κ2) is 7.32. The minimum absolute atomic E-state index is 0.0901. The van der Waals surface area contributed by atoms with Crippen molar-refractivity contribution in [3.05, 3.63) is 30.3 Å². The van der Waals surface area contributed by atoms with Crippen molar-refractivity contribution in [3.63, 3.8) is 0 Å². The first-order valence-electron chi connectivity index (χ1n) is 8.44. The molecule has 1 atom stereocenters. The molecular weight excluding hydrogens is 364 g/mol. The van der Waals surface area contributed by atoms with Gasteiger partial charge in [0.2, 0.25) is 5.91 Å². The molecule has 1 N–H and O–H groups in total. The molecule has 26 heavy (non-hydrogen) atoms. The lowest BCUT2D eigenvalue weighted by Gasteiger charge is -2.33. The van der Waals surface area contributed by atoms with E-state index < -0.39 is 34.9 Å². The highest BCUT2D eigenvalue weighted by Gasteiger charge is 2.39. The number of aryl methyl sites for hydroxylation is 1. The van der Waals surface area contributed by atoms with E-state index in [0.717, 1.165) is 15.2 Å². The molecule has 3 rings (SSSR count). The van der Waals surface area contributed by atoms with Gasteiger partial charge >= 0.3 is 0 Å². The fraction of sp³-hybridized carbons (Fsp3) is 0.471. The average molecular weight is 385 g/mol. The van der Waals surface area contributed by atoms with Gasteiger partial charge < -0.3 is 9.88 Å². The molecule has 0 bridgehead atoms. The van der Waals surface area contributed by atoms with Crippen molar-refractivity contribution in [3.8, 4) is 0 Å². The second-order valence-corrected chi connectivity index (χ2v) is 8.20. The molecule has 1 fully saturated rings. The number of amides is 1. The molecule has 2 aromatic rings. The zero-order valence-corrected chi connectivity index (χ0v) is 15.2. The molecule has 1 amide bonds. The van der Waals surface area contributed by atoms with Crippen molar-refractivity contribution in [2.45, 2.75) is 36.8 Å². The van der Waals surface area contributed by atoms with Gasteiger partial charge in [-0.15, -0.1) is 0 Å². The number of benzene rings is 1. The molecule has 1 aliphatic rings. The quantitative estimate of drug-likeness (QED) is 0.857. The number of sulfonamides is 1. The molecule has 0 radical (unpaired) electrons. The van der Waals surface area contributed by atoms with Crippen LogP contribution in [0.3, 0.4) is 0 Å². The van der Waals surface area contributed by atoms with Crippen LogP contribution in [0, 0.1) is 0 Å². The van der Waals surface area contributed by atoms with E-state index in [1.165, 1.54) is 0 Å². The predicted molar refractivity (Wildman–Crippen MR) is 93.5 cm³/mol. The Labute approximate surface area is 150 Å². The molecule has 0 aliphatic carbocycles. The summed E-state index contributed by atoms with van der Waals surface area (Å²) in [4.78, 5) is 12.3. The number of aromatic nitrogens is 1. The van der Waals surface area contributed by atoms with Crippen LogP contribution in [0.2, 0.25) is 0 Å². The van der Waals surface area contributed by atoms with E-state index >= 15 is 0 Å². The van der Waals surface area contributed by atoms with E-state index in [1.807, 2.05) is 24.3 Å². The number of fused-ring (bicyclic) bond motifs is 1. The Kier molecular flexibility index (Phi) is 5.29. The van der Waals surface area contributed by atoms with E-state index in [9.17, 15) is 22.0 Å². The summed E-state index contributed by atoms with van der Waals surface area (Å²) in [5, 5.41) is 3.02. The molecule has 0 spiro atoms. The van der Waals surface area contributed by atoms with Gasteiger partial charge in [-0.05, 0) is 25.0 Å². The predicted octanol–water partition coefficient (Wildman–Crippen LogP) is 2.10. The summed E-state index contributed by atoms with van der Waals surface area (Å²) < 4.78 is 53.9. The van der Waals surface area contributed by atoms with Crippen LogP contribution in [-0.2, 0) is 21.9 Å². The molecule has 1 saturated heterocycles. The van der Waals surface area contributed by atoms with Gasteiger partial charge in [-0.2, -0.15) is 4.31 Å². The van der Waals surface area contributed by atoms with Crippen LogP contribution >= 0.6 is 0 Å². The van der Waals surface area contributed by atoms with Crippen molar-refractivity contribution in [2.75, 3.05) is 13.1 Å². The lowest BCUT2D eigenvalue weighted by Crippen LogP contribution is -2.52. The van der Waals surface area contributed by atoms with E-state index in [2.05, 4.69) is 5.32 Å². The zero-order chi connectivity index (χ0) is 18.9. The first-order valence-corrected chi connectivity index (χ1v) is 9.88. The van der Waals surface area contributed by atoms with Crippen molar-refractivity contribution < 1.29 is 22.0 Å². The van der Waals surface area contributed by atoms with Crippen molar-refractivity contribution in [1.29, 1.82) is 0 Å². The van der Waals surface area contributed by atoms with E-state index in [0.29, 0.717) is 19.3 Å². The molecule has 2 heterocycles. The second-order valence-electron chi connectivity index (χ2n) is 6.36. The number of nitrogens with one attached hydrogen (secondary N) is 1. The van der Waals surface area contributed by atoms with Crippen molar-refractivity contribution in [1.82, 2.24) is 14.2 Å². The average Bonchev–Trinajstić information content (AvgIpc) is 2.97. The Morgan fingerprint density at radius 2 is 2.04 bits per heavy atom. The number of carbonyl (C=O) groups excluding carboxylic acids is 1. The van der Waals surface area contributed by atoms with Gasteiger partial charge in [0.15, 0.2) is 5.03 Å². The molecule has 1 aliphatic heterocycles. The summed E-state index contributed by atoms with van der Waals surface area (Å²) in [6.45, 7) is -0.589. The highest BCUT2D eigenvalue weighted by molar-refractivity contribution is 7.89. The molecule has 0 saturated carbocycles. The Morgan fingerprint density at radius 3 is 2.73 bits per heavy atom. The molecule has 1 aromatic heterocycles. The third kappa shape index (κ3) is 3.45. The molecule has 142 valence electrons. The monoisotopic (exact) mass is 385 g/mol. The van der Waals surface area contributed by atoms with Gasteiger partial charge in [-0.25, -0.2) is 17.2 Å². The maximum absolute atomic E-state index is 13.2. The van der Waals surface area contributed by atoms with Crippen LogP contribution in [0.25, 0.3) is 10.9 Å². The van der Waals surface area contributed by atoms with E-state index in [-0.39, 0.29) is 11.6 Å². The number of alkyl halides is 2. The maximum Gasteiger partial charge on any atom is 0.259 e. The van der Waals surface area contributed by atoms with Gasteiger partial charge in [0.1, 0.15) is 6.04 Å². The number of hydrogen-bond acceptors (Lipinski definition) is 3. The fourth-order valence-corrected chi connectivity index (χ4v) is 5.25. The first kappa shape index (κ1) is 18.8. The van der Waals surface area contributed by atoms with Crippen molar-refractivity contribution >= 4 is 26.8 Å². The first-order chi connectivity index (χ1) is 12.3. The molecule has 9 heteroatoms. The fourth-order valence-electron chi connectivity index (χ4n) is 3.38. The van der Waals surface area contributed by atoms with Gasteiger partial charge in [-0.3, -0.25) is 4.79 Å². The maximum atomic E-state index is 13.2. The normalized spacial score (nSPS) is 19.2. The minimum atomic E-state index is -3.94. The van der Waals surface area contributed by atoms with Crippen LogP contribution in [0.15, 0.2) is 35.4 Å². The summed E-state index contributed by atoms with van der Waals surface area (Å²) in [5.74, 6) is -0.674.